The average Bonchev–Trinajstić information content (AvgIpc) is 2.51. The highest BCUT2D eigenvalue weighted by Gasteiger charge is 2.18. The number of fused-ring (bicyclic) bond motifs is 1. The molecule has 90 valence electrons. The lowest BCUT2D eigenvalue weighted by Gasteiger charge is -2.13. The van der Waals surface area contributed by atoms with Crippen LogP contribution in [-0.4, -0.2) is 19.5 Å². The number of allylic oxidation sites excluding steroid dienone is 1. The second-order valence-corrected chi connectivity index (χ2v) is 3.99. The molecule has 0 spiro atoms. The van der Waals surface area contributed by atoms with Crippen molar-refractivity contribution < 1.29 is 9.28 Å². The minimum atomic E-state index is -0.151. The Balaban J connectivity index is 2.45. The number of hydrogen-bond donors (Lipinski definition) is 1. The molecule has 0 fully saturated rings. The third-order valence-corrected chi connectivity index (χ3v) is 2.86. The normalized spacial score (nSPS) is 17.5. The van der Waals surface area contributed by atoms with E-state index in [0.717, 1.165) is 16.3 Å². The number of halogens is 1. The molecule has 0 saturated carbocycles. The number of carbonyl (C=O) groups is 1. The molecular weight excluding hydrogens is 219 g/mol. The van der Waals surface area contributed by atoms with Crippen molar-refractivity contribution in [3.8, 4) is 0 Å². The summed E-state index contributed by atoms with van der Waals surface area (Å²) in [4.78, 5) is 11.4. The van der Waals surface area contributed by atoms with Gasteiger partial charge in [-0.15, -0.1) is 0 Å². The van der Waals surface area contributed by atoms with E-state index in [1.807, 2.05) is 12.1 Å². The van der Waals surface area contributed by atoms with E-state index in [9.17, 15) is 9.28 Å². The first kappa shape index (κ1) is 11.6. The average molecular weight is 234 g/mol. The Labute approximate surface area is 99.9 Å². The van der Waals surface area contributed by atoms with Crippen molar-refractivity contribution in [2.75, 3.05) is 18.7 Å². The van der Waals surface area contributed by atoms with Crippen molar-refractivity contribution in [3.05, 3.63) is 35.9 Å². The number of amides is 1. The van der Waals surface area contributed by atoms with Crippen LogP contribution in [0.5, 0.6) is 0 Å². The summed E-state index contributed by atoms with van der Waals surface area (Å²) in [6.45, 7) is 0.363. The highest BCUT2D eigenvalue weighted by Crippen LogP contribution is 2.33. The Kier molecular flexibility index (Phi) is 3.42. The molecule has 1 amide bonds. The zero-order chi connectivity index (χ0) is 12.3. The van der Waals surface area contributed by atoms with Gasteiger partial charge < -0.3 is 5.32 Å². The number of benzene rings is 1. The van der Waals surface area contributed by atoms with Crippen LogP contribution in [0.3, 0.4) is 0 Å². The Bertz CT molecular complexity index is 456. The summed E-state index contributed by atoms with van der Waals surface area (Å²) in [5, 5.41) is 3.30. The van der Waals surface area contributed by atoms with Crippen LogP contribution in [-0.2, 0) is 4.79 Å². The fourth-order valence-electron chi connectivity index (χ4n) is 2.00. The van der Waals surface area contributed by atoms with E-state index in [-0.39, 0.29) is 5.91 Å². The minimum absolute atomic E-state index is 0.151. The smallest absolute Gasteiger partial charge is 0.244 e. The molecule has 4 heteroatoms. The zero-order valence-electron chi connectivity index (χ0n) is 9.74. The third kappa shape index (κ3) is 2.46. The molecule has 0 aromatic heterocycles. The SMILES string of the molecule is CNC(=O)C=C1CCCN(F)c2ccccc21. The van der Waals surface area contributed by atoms with Gasteiger partial charge >= 0.3 is 0 Å². The first-order valence-corrected chi connectivity index (χ1v) is 5.67. The molecule has 1 heterocycles. The fourth-order valence-corrected chi connectivity index (χ4v) is 2.00. The predicted molar refractivity (Wildman–Crippen MR) is 66.2 cm³/mol. The maximum absolute atomic E-state index is 13.7. The van der Waals surface area contributed by atoms with Gasteiger partial charge in [-0.3, -0.25) is 4.79 Å². The number of rotatable bonds is 1. The van der Waals surface area contributed by atoms with Crippen LogP contribution < -0.4 is 10.4 Å². The molecule has 0 saturated heterocycles. The minimum Gasteiger partial charge on any atom is -0.356 e. The van der Waals surface area contributed by atoms with E-state index in [0.29, 0.717) is 25.1 Å². The maximum Gasteiger partial charge on any atom is 0.244 e. The summed E-state index contributed by atoms with van der Waals surface area (Å²) in [5.41, 5.74) is 2.23. The van der Waals surface area contributed by atoms with E-state index < -0.39 is 0 Å². The van der Waals surface area contributed by atoms with Gasteiger partial charge in [-0.25, -0.2) is 5.12 Å². The zero-order valence-corrected chi connectivity index (χ0v) is 9.74. The summed E-state index contributed by atoms with van der Waals surface area (Å²) in [5.74, 6) is -0.151. The van der Waals surface area contributed by atoms with Crippen molar-refractivity contribution >= 4 is 17.2 Å². The lowest BCUT2D eigenvalue weighted by Crippen LogP contribution is -2.15. The molecule has 1 aliphatic rings. The van der Waals surface area contributed by atoms with Crippen LogP contribution in [0.2, 0.25) is 0 Å². The molecule has 3 nitrogen and oxygen atoms in total. The van der Waals surface area contributed by atoms with Gasteiger partial charge in [0.05, 0.1) is 12.2 Å². The van der Waals surface area contributed by atoms with Crippen molar-refractivity contribution in [3.63, 3.8) is 0 Å². The van der Waals surface area contributed by atoms with Crippen molar-refractivity contribution in [1.29, 1.82) is 0 Å². The standard InChI is InChI=1S/C13H15FN2O/c1-15-13(17)9-10-5-4-8-16(14)12-7-3-2-6-11(10)12/h2-3,6-7,9H,4-5,8H2,1H3,(H,15,17). The van der Waals surface area contributed by atoms with Crippen molar-refractivity contribution in [2.24, 2.45) is 0 Å². The first-order valence-electron chi connectivity index (χ1n) is 5.67. The summed E-state index contributed by atoms with van der Waals surface area (Å²) < 4.78 is 13.7. The van der Waals surface area contributed by atoms with Crippen LogP contribution in [0.15, 0.2) is 30.3 Å². The third-order valence-electron chi connectivity index (χ3n) is 2.86. The van der Waals surface area contributed by atoms with Gasteiger partial charge in [0.25, 0.3) is 0 Å². The molecule has 1 N–H and O–H groups in total. The number of nitrogens with one attached hydrogen (secondary N) is 1. The van der Waals surface area contributed by atoms with E-state index in [1.54, 1.807) is 25.3 Å². The Morgan fingerprint density at radius 1 is 1.47 bits per heavy atom. The Hall–Kier alpha value is -1.84. The first-order chi connectivity index (χ1) is 8.22. The largest absolute Gasteiger partial charge is 0.356 e. The van der Waals surface area contributed by atoms with Gasteiger partial charge in [0, 0.05) is 18.7 Å². The van der Waals surface area contributed by atoms with E-state index in [4.69, 9.17) is 0 Å². The van der Waals surface area contributed by atoms with Crippen LogP contribution in [0.4, 0.5) is 10.2 Å². The van der Waals surface area contributed by atoms with Gasteiger partial charge in [-0.2, -0.15) is 0 Å². The van der Waals surface area contributed by atoms with E-state index >= 15 is 0 Å². The predicted octanol–water partition coefficient (Wildman–Crippen LogP) is 2.30. The summed E-state index contributed by atoms with van der Waals surface area (Å²) in [7, 11) is 1.59. The fraction of sp³-hybridized carbons (Fsp3) is 0.308. The van der Waals surface area contributed by atoms with Crippen molar-refractivity contribution in [2.45, 2.75) is 12.8 Å². The second-order valence-electron chi connectivity index (χ2n) is 3.99. The van der Waals surface area contributed by atoms with E-state index in [1.165, 1.54) is 0 Å². The number of hydrogen-bond acceptors (Lipinski definition) is 2. The molecule has 1 aromatic rings. The number of anilines is 1. The number of para-hydroxylation sites is 1. The van der Waals surface area contributed by atoms with E-state index in [2.05, 4.69) is 5.32 Å². The molecule has 17 heavy (non-hydrogen) atoms. The molecule has 0 bridgehead atoms. The highest BCUT2D eigenvalue weighted by atomic mass is 19.2. The lowest BCUT2D eigenvalue weighted by molar-refractivity contribution is -0.116. The molecular formula is C13H15FN2O. The molecule has 0 radical (unpaired) electrons. The monoisotopic (exact) mass is 234 g/mol. The van der Waals surface area contributed by atoms with Gasteiger partial charge in [0.2, 0.25) is 5.91 Å². The highest BCUT2D eigenvalue weighted by molar-refractivity contribution is 5.96. The number of carbonyl (C=O) groups excluding carboxylic acids is 1. The Morgan fingerprint density at radius 2 is 2.24 bits per heavy atom. The van der Waals surface area contributed by atoms with Gasteiger partial charge in [-0.05, 0) is 24.5 Å². The molecule has 0 atom stereocenters. The lowest BCUT2D eigenvalue weighted by atomic mass is 10.0. The number of likely N-dealkylation sites (N-methyl/N-ethyl adjacent to an activating group) is 1. The summed E-state index contributed by atoms with van der Waals surface area (Å²) in [6, 6.07) is 7.24. The molecule has 0 aliphatic carbocycles. The van der Waals surface area contributed by atoms with Crippen molar-refractivity contribution in [1.82, 2.24) is 5.32 Å². The number of nitrogens with zero attached hydrogens (tertiary/aromatic N) is 1. The molecule has 2 rings (SSSR count). The molecule has 1 aromatic carbocycles. The van der Waals surface area contributed by atoms with Gasteiger partial charge in [0.1, 0.15) is 0 Å². The Morgan fingerprint density at radius 3 is 3.00 bits per heavy atom. The van der Waals surface area contributed by atoms with Crippen LogP contribution in [0.1, 0.15) is 18.4 Å². The summed E-state index contributed by atoms with van der Waals surface area (Å²) in [6.07, 6.45) is 2.97. The molecule has 1 aliphatic heterocycles. The van der Waals surface area contributed by atoms with Gasteiger partial charge in [-0.1, -0.05) is 22.7 Å². The quantitative estimate of drug-likeness (QED) is 0.597. The van der Waals surface area contributed by atoms with Crippen LogP contribution in [0.25, 0.3) is 5.57 Å². The maximum atomic E-state index is 13.7. The summed E-state index contributed by atoms with van der Waals surface area (Å²) >= 11 is 0. The van der Waals surface area contributed by atoms with Crippen LogP contribution >= 0.6 is 0 Å². The topological polar surface area (TPSA) is 32.3 Å². The van der Waals surface area contributed by atoms with Gasteiger partial charge in [0.15, 0.2) is 0 Å². The van der Waals surface area contributed by atoms with Crippen LogP contribution in [0, 0.1) is 0 Å². The second kappa shape index (κ2) is 4.99. The molecule has 0 unspecified atom stereocenters.